The zero-order valence-electron chi connectivity index (χ0n) is 10.8. The molecule has 1 aromatic carbocycles. The van der Waals surface area contributed by atoms with Crippen LogP contribution < -0.4 is 5.73 Å². The lowest BCUT2D eigenvalue weighted by molar-refractivity contribution is -0.0729. The van der Waals surface area contributed by atoms with Crippen LogP contribution in [0.2, 0.25) is 0 Å². The van der Waals surface area contributed by atoms with E-state index in [0.717, 1.165) is 17.5 Å². The summed E-state index contributed by atoms with van der Waals surface area (Å²) < 4.78 is 23.7. The Morgan fingerprint density at radius 3 is 2.63 bits per heavy atom. The van der Waals surface area contributed by atoms with Gasteiger partial charge in [-0.15, -0.1) is 0 Å². The van der Waals surface area contributed by atoms with Crippen molar-refractivity contribution < 1.29 is 13.5 Å². The lowest BCUT2D eigenvalue weighted by Gasteiger charge is -2.42. The molecular formula is C14H19NO3S. The summed E-state index contributed by atoms with van der Waals surface area (Å²) >= 11 is 0. The summed E-state index contributed by atoms with van der Waals surface area (Å²) in [6.07, 6.45) is 1.81. The Bertz CT molecular complexity index is 613. The Morgan fingerprint density at radius 1 is 1.26 bits per heavy atom. The SMILES string of the molecule is NCC1(C2(O)CCc3ccccc32)CCS(=O)(=O)C1. The van der Waals surface area contributed by atoms with E-state index in [1.54, 1.807) is 0 Å². The van der Waals surface area contributed by atoms with Crippen LogP contribution >= 0.6 is 0 Å². The Morgan fingerprint density at radius 2 is 2.00 bits per heavy atom. The number of hydrogen-bond donors (Lipinski definition) is 2. The van der Waals surface area contributed by atoms with E-state index in [9.17, 15) is 13.5 Å². The predicted octanol–water partition coefficient (Wildman–Crippen LogP) is 0.584. The molecule has 19 heavy (non-hydrogen) atoms. The summed E-state index contributed by atoms with van der Waals surface area (Å²) in [5, 5.41) is 11.2. The molecule has 0 saturated carbocycles. The molecule has 2 atom stereocenters. The number of sulfone groups is 1. The molecule has 3 N–H and O–H groups in total. The van der Waals surface area contributed by atoms with Gasteiger partial charge in [0.25, 0.3) is 0 Å². The van der Waals surface area contributed by atoms with E-state index in [4.69, 9.17) is 5.73 Å². The summed E-state index contributed by atoms with van der Waals surface area (Å²) in [7, 11) is -3.08. The van der Waals surface area contributed by atoms with E-state index in [-0.39, 0.29) is 18.1 Å². The largest absolute Gasteiger partial charge is 0.384 e. The van der Waals surface area contributed by atoms with Crippen LogP contribution in [0.3, 0.4) is 0 Å². The van der Waals surface area contributed by atoms with Crippen molar-refractivity contribution in [3.05, 3.63) is 35.4 Å². The van der Waals surface area contributed by atoms with Crippen molar-refractivity contribution in [2.75, 3.05) is 18.1 Å². The molecule has 5 heteroatoms. The van der Waals surface area contributed by atoms with Gasteiger partial charge >= 0.3 is 0 Å². The Balaban J connectivity index is 2.11. The van der Waals surface area contributed by atoms with Gasteiger partial charge in [-0.2, -0.15) is 0 Å². The number of benzene rings is 1. The zero-order valence-corrected chi connectivity index (χ0v) is 11.6. The predicted molar refractivity (Wildman–Crippen MR) is 73.4 cm³/mol. The summed E-state index contributed by atoms with van der Waals surface area (Å²) in [6.45, 7) is 0.205. The van der Waals surface area contributed by atoms with Crippen LogP contribution in [0.15, 0.2) is 24.3 Å². The van der Waals surface area contributed by atoms with Gasteiger partial charge in [-0.25, -0.2) is 8.42 Å². The van der Waals surface area contributed by atoms with Crippen molar-refractivity contribution >= 4 is 9.84 Å². The van der Waals surface area contributed by atoms with Gasteiger partial charge in [-0.1, -0.05) is 24.3 Å². The van der Waals surface area contributed by atoms with Gasteiger partial charge in [-0.05, 0) is 30.4 Å². The first kappa shape index (κ1) is 13.1. The molecule has 0 bridgehead atoms. The highest BCUT2D eigenvalue weighted by Gasteiger charge is 2.58. The highest BCUT2D eigenvalue weighted by Crippen LogP contribution is 2.53. The fraction of sp³-hybridized carbons (Fsp3) is 0.571. The quantitative estimate of drug-likeness (QED) is 0.831. The molecule has 1 heterocycles. The molecule has 2 unspecified atom stereocenters. The van der Waals surface area contributed by atoms with Crippen LogP contribution in [0, 0.1) is 5.41 Å². The third-order valence-electron chi connectivity index (χ3n) is 4.87. The lowest BCUT2D eigenvalue weighted by atomic mass is 9.68. The standard InChI is InChI=1S/C14H19NO3S/c15-9-13(7-8-19(17,18)10-13)14(16)6-5-11-3-1-2-4-12(11)14/h1-4,16H,5-10,15H2. The van der Waals surface area contributed by atoms with E-state index in [0.29, 0.717) is 12.8 Å². The topological polar surface area (TPSA) is 80.4 Å². The smallest absolute Gasteiger partial charge is 0.151 e. The minimum absolute atomic E-state index is 0.00132. The minimum atomic E-state index is -3.08. The van der Waals surface area contributed by atoms with E-state index < -0.39 is 20.9 Å². The maximum atomic E-state index is 11.8. The molecule has 3 rings (SSSR count). The van der Waals surface area contributed by atoms with Crippen LogP contribution in [0.25, 0.3) is 0 Å². The number of aryl methyl sites for hydroxylation is 1. The second-order valence-corrected chi connectivity index (χ2v) is 8.03. The summed E-state index contributed by atoms with van der Waals surface area (Å²) in [6, 6.07) is 7.75. The van der Waals surface area contributed by atoms with Crippen LogP contribution in [0.4, 0.5) is 0 Å². The molecule has 0 spiro atoms. The van der Waals surface area contributed by atoms with Gasteiger partial charge in [0.05, 0.1) is 17.1 Å². The van der Waals surface area contributed by atoms with Gasteiger partial charge in [0.15, 0.2) is 9.84 Å². The van der Waals surface area contributed by atoms with Crippen molar-refractivity contribution in [2.24, 2.45) is 11.1 Å². The third-order valence-corrected chi connectivity index (χ3v) is 6.69. The second kappa shape index (κ2) is 4.04. The van der Waals surface area contributed by atoms with E-state index >= 15 is 0 Å². The third kappa shape index (κ3) is 1.75. The molecule has 1 saturated heterocycles. The van der Waals surface area contributed by atoms with E-state index in [1.807, 2.05) is 24.3 Å². The Kier molecular flexibility index (Phi) is 2.78. The minimum Gasteiger partial charge on any atom is -0.384 e. The summed E-state index contributed by atoms with van der Waals surface area (Å²) in [5.74, 6) is 0.135. The maximum Gasteiger partial charge on any atom is 0.151 e. The van der Waals surface area contributed by atoms with Gasteiger partial charge in [0.1, 0.15) is 0 Å². The highest BCUT2D eigenvalue weighted by molar-refractivity contribution is 7.91. The molecule has 1 fully saturated rings. The first-order chi connectivity index (χ1) is 8.93. The fourth-order valence-corrected chi connectivity index (χ4v) is 5.90. The Hall–Kier alpha value is -0.910. The van der Waals surface area contributed by atoms with Crippen molar-refractivity contribution in [1.82, 2.24) is 0 Å². The lowest BCUT2D eigenvalue weighted by Crippen LogP contribution is -2.50. The van der Waals surface area contributed by atoms with Gasteiger partial charge < -0.3 is 10.8 Å². The average molecular weight is 281 g/mol. The van der Waals surface area contributed by atoms with Gasteiger partial charge in [0, 0.05) is 12.0 Å². The van der Waals surface area contributed by atoms with Crippen LogP contribution in [0.1, 0.15) is 24.0 Å². The van der Waals surface area contributed by atoms with E-state index in [2.05, 4.69) is 0 Å². The van der Waals surface area contributed by atoms with Crippen molar-refractivity contribution in [2.45, 2.75) is 24.9 Å². The number of rotatable bonds is 2. The normalized spacial score (nSPS) is 36.3. The molecule has 4 nitrogen and oxygen atoms in total. The number of fused-ring (bicyclic) bond motifs is 1. The number of nitrogens with two attached hydrogens (primary N) is 1. The van der Waals surface area contributed by atoms with Crippen LogP contribution in [0.5, 0.6) is 0 Å². The van der Waals surface area contributed by atoms with E-state index in [1.165, 1.54) is 0 Å². The van der Waals surface area contributed by atoms with Gasteiger partial charge in [-0.3, -0.25) is 0 Å². The van der Waals surface area contributed by atoms with Crippen LogP contribution in [-0.2, 0) is 21.9 Å². The van der Waals surface area contributed by atoms with Gasteiger partial charge in [0.2, 0.25) is 0 Å². The second-order valence-electron chi connectivity index (χ2n) is 5.84. The first-order valence-corrected chi connectivity index (χ1v) is 8.46. The number of aliphatic hydroxyl groups is 1. The average Bonchev–Trinajstić information content (AvgIpc) is 2.90. The van der Waals surface area contributed by atoms with Crippen molar-refractivity contribution in [3.8, 4) is 0 Å². The molecule has 1 aliphatic heterocycles. The monoisotopic (exact) mass is 281 g/mol. The maximum absolute atomic E-state index is 11.8. The fourth-order valence-electron chi connectivity index (χ4n) is 3.72. The number of hydrogen-bond acceptors (Lipinski definition) is 4. The molecule has 0 amide bonds. The molecule has 1 aromatic rings. The zero-order chi connectivity index (χ0) is 13.7. The first-order valence-electron chi connectivity index (χ1n) is 6.64. The Labute approximate surface area is 113 Å². The molecule has 0 radical (unpaired) electrons. The highest BCUT2D eigenvalue weighted by atomic mass is 32.2. The molecular weight excluding hydrogens is 262 g/mol. The van der Waals surface area contributed by atoms with Crippen molar-refractivity contribution in [3.63, 3.8) is 0 Å². The molecule has 0 aromatic heterocycles. The summed E-state index contributed by atoms with van der Waals surface area (Å²) in [4.78, 5) is 0. The van der Waals surface area contributed by atoms with Crippen LogP contribution in [-0.4, -0.2) is 31.6 Å². The molecule has 1 aliphatic carbocycles. The van der Waals surface area contributed by atoms with Crippen molar-refractivity contribution in [1.29, 1.82) is 0 Å². The summed E-state index contributed by atoms with van der Waals surface area (Å²) in [5.41, 5.74) is 6.05. The molecule has 2 aliphatic rings. The molecule has 104 valence electrons.